The second-order valence-corrected chi connectivity index (χ2v) is 7.86. The summed E-state index contributed by atoms with van der Waals surface area (Å²) in [5, 5.41) is 7.50. The van der Waals surface area contributed by atoms with E-state index >= 15 is 0 Å². The molecule has 1 fully saturated rings. The van der Waals surface area contributed by atoms with Gasteiger partial charge in [0.1, 0.15) is 5.76 Å². The lowest BCUT2D eigenvalue weighted by atomic mass is 9.65. The third kappa shape index (κ3) is 3.10. The van der Waals surface area contributed by atoms with Gasteiger partial charge in [-0.25, -0.2) is 0 Å². The predicted molar refractivity (Wildman–Crippen MR) is 94.9 cm³/mol. The van der Waals surface area contributed by atoms with Gasteiger partial charge in [-0.2, -0.15) is 0 Å². The summed E-state index contributed by atoms with van der Waals surface area (Å²) >= 11 is 0. The number of hydrogen-bond acceptors (Lipinski definition) is 3. The Balaban J connectivity index is 2.14. The monoisotopic (exact) mass is 320 g/mol. The second-order valence-electron chi connectivity index (χ2n) is 7.86. The summed E-state index contributed by atoms with van der Waals surface area (Å²) in [5.74, 6) is 2.21. The molecule has 0 spiro atoms. The first-order valence-electron chi connectivity index (χ1n) is 8.60. The van der Waals surface area contributed by atoms with Crippen molar-refractivity contribution in [2.24, 2.45) is 10.4 Å². The molecule has 0 amide bonds. The van der Waals surface area contributed by atoms with Crippen molar-refractivity contribution in [1.82, 2.24) is 15.4 Å². The van der Waals surface area contributed by atoms with Crippen LogP contribution in [0.4, 0.5) is 0 Å². The van der Waals surface area contributed by atoms with Crippen molar-refractivity contribution in [2.45, 2.75) is 66.8 Å². The van der Waals surface area contributed by atoms with Gasteiger partial charge in [-0.15, -0.1) is 0 Å². The third-order valence-corrected chi connectivity index (χ3v) is 5.57. The molecule has 1 aromatic heterocycles. The number of guanidine groups is 1. The normalized spacial score (nSPS) is 21.0. The quantitative estimate of drug-likeness (QED) is 0.681. The predicted octanol–water partition coefficient (Wildman–Crippen LogP) is 3.48. The molecule has 0 saturated carbocycles. The highest BCUT2D eigenvalue weighted by molar-refractivity contribution is 5.82. The molecule has 2 heterocycles. The van der Waals surface area contributed by atoms with E-state index < -0.39 is 0 Å². The molecule has 5 nitrogen and oxygen atoms in total. The van der Waals surface area contributed by atoms with E-state index in [1.54, 1.807) is 0 Å². The van der Waals surface area contributed by atoms with Crippen LogP contribution in [0.5, 0.6) is 0 Å². The number of likely N-dealkylation sites (tertiary alicyclic amines) is 1. The van der Waals surface area contributed by atoms with Crippen LogP contribution in [0.1, 0.15) is 64.5 Å². The van der Waals surface area contributed by atoms with Gasteiger partial charge in [-0.05, 0) is 34.6 Å². The van der Waals surface area contributed by atoms with Crippen LogP contribution in [0.2, 0.25) is 0 Å². The van der Waals surface area contributed by atoms with E-state index in [0.29, 0.717) is 11.3 Å². The van der Waals surface area contributed by atoms with Gasteiger partial charge in [0.2, 0.25) is 0 Å². The molecule has 1 saturated heterocycles. The van der Waals surface area contributed by atoms with Gasteiger partial charge in [0, 0.05) is 42.1 Å². The highest BCUT2D eigenvalue weighted by Crippen LogP contribution is 2.46. The van der Waals surface area contributed by atoms with Crippen molar-refractivity contribution in [1.29, 1.82) is 0 Å². The fraction of sp³-hybridized carbons (Fsp3) is 0.778. The van der Waals surface area contributed by atoms with Crippen molar-refractivity contribution in [3.63, 3.8) is 0 Å². The molecule has 1 N–H and O–H groups in total. The molecular weight excluding hydrogens is 288 g/mol. The fourth-order valence-electron chi connectivity index (χ4n) is 3.30. The van der Waals surface area contributed by atoms with Gasteiger partial charge in [0.15, 0.2) is 5.96 Å². The SMILES string of the molecule is CCNC(=NCC(C)c1c(C)noc1C)N1CC(C)(C)C1(C)C. The largest absolute Gasteiger partial charge is 0.361 e. The van der Waals surface area contributed by atoms with Crippen molar-refractivity contribution in [2.75, 3.05) is 19.6 Å². The first-order chi connectivity index (χ1) is 10.6. The minimum Gasteiger partial charge on any atom is -0.361 e. The zero-order valence-electron chi connectivity index (χ0n) is 15.9. The maximum absolute atomic E-state index is 5.29. The first kappa shape index (κ1) is 17.8. The van der Waals surface area contributed by atoms with E-state index in [1.807, 2.05) is 13.8 Å². The lowest BCUT2D eigenvalue weighted by molar-refractivity contribution is -0.0667. The van der Waals surface area contributed by atoms with Crippen LogP contribution in [0.25, 0.3) is 0 Å². The van der Waals surface area contributed by atoms with Crippen LogP contribution < -0.4 is 5.32 Å². The van der Waals surface area contributed by atoms with Crippen LogP contribution in [-0.4, -0.2) is 41.2 Å². The molecule has 0 aromatic carbocycles. The molecule has 1 atom stereocenters. The highest BCUT2D eigenvalue weighted by atomic mass is 16.5. The number of aromatic nitrogens is 1. The average Bonchev–Trinajstić information content (AvgIpc) is 2.80. The van der Waals surface area contributed by atoms with Gasteiger partial charge < -0.3 is 14.7 Å². The minimum atomic E-state index is 0.111. The summed E-state index contributed by atoms with van der Waals surface area (Å²) in [6.07, 6.45) is 0. The standard InChI is InChI=1S/C18H32N4O/c1-9-19-16(22-11-17(5,6)18(22,7)8)20-10-12(2)15-13(3)21-23-14(15)4/h12H,9-11H2,1-8H3,(H,19,20). The Hall–Kier alpha value is -1.52. The molecule has 1 aliphatic rings. The van der Waals surface area contributed by atoms with Crippen molar-refractivity contribution in [3.05, 3.63) is 17.0 Å². The molecule has 0 radical (unpaired) electrons. The van der Waals surface area contributed by atoms with Gasteiger partial charge in [-0.3, -0.25) is 4.99 Å². The summed E-state index contributed by atoms with van der Waals surface area (Å²) in [4.78, 5) is 7.28. The smallest absolute Gasteiger partial charge is 0.194 e. The summed E-state index contributed by atoms with van der Waals surface area (Å²) in [6, 6.07) is 0. The number of nitrogens with zero attached hydrogens (tertiary/aromatic N) is 3. The Morgan fingerprint density at radius 1 is 1.35 bits per heavy atom. The second kappa shape index (κ2) is 6.17. The van der Waals surface area contributed by atoms with E-state index in [4.69, 9.17) is 9.52 Å². The Labute approximate surface area is 140 Å². The maximum atomic E-state index is 5.29. The average molecular weight is 320 g/mol. The minimum absolute atomic E-state index is 0.111. The zero-order chi connectivity index (χ0) is 17.4. The lowest BCUT2D eigenvalue weighted by Crippen LogP contribution is -2.72. The summed E-state index contributed by atoms with van der Waals surface area (Å²) < 4.78 is 5.29. The third-order valence-electron chi connectivity index (χ3n) is 5.57. The molecule has 1 aliphatic heterocycles. The van der Waals surface area contributed by atoms with Crippen LogP contribution in [0, 0.1) is 19.3 Å². The van der Waals surface area contributed by atoms with Crippen LogP contribution in [0.3, 0.4) is 0 Å². The highest BCUT2D eigenvalue weighted by Gasteiger charge is 2.53. The Morgan fingerprint density at radius 2 is 2.00 bits per heavy atom. The molecule has 0 bridgehead atoms. The Bertz CT molecular complexity index is 566. The molecule has 5 heteroatoms. The molecule has 1 aromatic rings. The van der Waals surface area contributed by atoms with Crippen molar-refractivity contribution < 1.29 is 4.52 Å². The number of aliphatic imine (C=N–C) groups is 1. The van der Waals surface area contributed by atoms with Gasteiger partial charge in [-0.1, -0.05) is 25.9 Å². The van der Waals surface area contributed by atoms with E-state index in [2.05, 4.69) is 56.9 Å². The summed E-state index contributed by atoms with van der Waals surface area (Å²) in [5.41, 5.74) is 2.57. The number of aryl methyl sites for hydroxylation is 2. The number of hydrogen-bond donors (Lipinski definition) is 1. The zero-order valence-corrected chi connectivity index (χ0v) is 15.9. The number of nitrogens with one attached hydrogen (secondary N) is 1. The number of rotatable bonds is 4. The summed E-state index contributed by atoms with van der Waals surface area (Å²) in [7, 11) is 0. The van der Waals surface area contributed by atoms with Crippen LogP contribution >= 0.6 is 0 Å². The van der Waals surface area contributed by atoms with Crippen molar-refractivity contribution >= 4 is 5.96 Å². The molecule has 2 rings (SSSR count). The van der Waals surface area contributed by atoms with Gasteiger partial charge in [0.05, 0.1) is 5.69 Å². The molecule has 1 unspecified atom stereocenters. The van der Waals surface area contributed by atoms with Crippen LogP contribution in [-0.2, 0) is 0 Å². The molecule has 0 aliphatic carbocycles. The lowest BCUT2D eigenvalue weighted by Gasteiger charge is -2.62. The maximum Gasteiger partial charge on any atom is 0.194 e. The molecular formula is C18H32N4O. The fourth-order valence-corrected chi connectivity index (χ4v) is 3.30. The van der Waals surface area contributed by atoms with E-state index in [9.17, 15) is 0 Å². The Kier molecular flexibility index (Phi) is 4.79. The van der Waals surface area contributed by atoms with E-state index in [0.717, 1.165) is 37.0 Å². The van der Waals surface area contributed by atoms with Gasteiger partial charge in [0.25, 0.3) is 0 Å². The van der Waals surface area contributed by atoms with Gasteiger partial charge >= 0.3 is 0 Å². The molecule has 23 heavy (non-hydrogen) atoms. The van der Waals surface area contributed by atoms with Crippen molar-refractivity contribution in [3.8, 4) is 0 Å². The summed E-state index contributed by atoms with van der Waals surface area (Å²) in [6.45, 7) is 20.1. The van der Waals surface area contributed by atoms with Crippen LogP contribution in [0.15, 0.2) is 9.52 Å². The molecule has 130 valence electrons. The topological polar surface area (TPSA) is 53.7 Å². The van der Waals surface area contributed by atoms with E-state index in [-0.39, 0.29) is 5.54 Å². The first-order valence-corrected chi connectivity index (χ1v) is 8.60. The van der Waals surface area contributed by atoms with E-state index in [1.165, 1.54) is 5.56 Å². The Morgan fingerprint density at radius 3 is 2.43 bits per heavy atom.